The first-order valence-electron chi connectivity index (χ1n) is 7.07. The maximum absolute atomic E-state index is 3.56. The van der Waals surface area contributed by atoms with Crippen molar-refractivity contribution in [1.82, 2.24) is 5.32 Å². The lowest BCUT2D eigenvalue weighted by Gasteiger charge is -2.32. The van der Waals surface area contributed by atoms with Gasteiger partial charge in [-0.1, -0.05) is 29.8 Å². The molecule has 1 nitrogen and oxygen atoms in total. The second kappa shape index (κ2) is 5.48. The van der Waals surface area contributed by atoms with Crippen LogP contribution < -0.4 is 5.32 Å². The smallest absolute Gasteiger partial charge is 0.00860 e. The van der Waals surface area contributed by atoms with Crippen molar-refractivity contribution in [2.45, 2.75) is 32.1 Å². The molecule has 1 aliphatic heterocycles. The van der Waals surface area contributed by atoms with E-state index in [9.17, 15) is 0 Å². The Balaban J connectivity index is 1.90. The van der Waals surface area contributed by atoms with Crippen LogP contribution in [0.25, 0.3) is 0 Å². The molecule has 0 saturated carbocycles. The van der Waals surface area contributed by atoms with Crippen molar-refractivity contribution in [2.24, 2.45) is 0 Å². The van der Waals surface area contributed by atoms with E-state index in [2.05, 4.69) is 55.6 Å². The van der Waals surface area contributed by atoms with E-state index in [-0.39, 0.29) is 0 Å². The predicted molar refractivity (Wildman–Crippen MR) is 83.2 cm³/mol. The number of piperidine rings is 1. The Morgan fingerprint density at radius 2 is 1.79 bits per heavy atom. The highest BCUT2D eigenvalue weighted by atomic mass is 32.1. The minimum Gasteiger partial charge on any atom is -0.316 e. The number of benzene rings is 1. The van der Waals surface area contributed by atoms with Crippen LogP contribution in [0.15, 0.2) is 36.4 Å². The Kier molecular flexibility index (Phi) is 3.72. The van der Waals surface area contributed by atoms with Crippen molar-refractivity contribution in [3.8, 4) is 0 Å². The van der Waals surface area contributed by atoms with Crippen molar-refractivity contribution in [1.29, 1.82) is 0 Å². The molecule has 0 amide bonds. The standard InChI is InChI=1S/C17H21NS/c1-12-3-6-14(7-4-12)16-11-18-10-9-15(16)17-8-5-13(2)19-17/h3-8,15-16,18H,9-11H2,1-2H3. The Morgan fingerprint density at radius 3 is 2.47 bits per heavy atom. The molecule has 1 aromatic carbocycles. The molecular formula is C17H21NS. The third-order valence-electron chi connectivity index (χ3n) is 4.11. The lowest BCUT2D eigenvalue weighted by Crippen LogP contribution is -2.33. The van der Waals surface area contributed by atoms with Crippen molar-refractivity contribution < 1.29 is 0 Å². The molecule has 0 aliphatic carbocycles. The van der Waals surface area contributed by atoms with Crippen molar-refractivity contribution >= 4 is 11.3 Å². The average Bonchev–Trinajstić information content (AvgIpc) is 2.86. The third kappa shape index (κ3) is 2.75. The summed E-state index contributed by atoms with van der Waals surface area (Å²) in [5.41, 5.74) is 2.82. The van der Waals surface area contributed by atoms with E-state index in [1.165, 1.54) is 22.4 Å². The molecule has 1 fully saturated rings. The molecular weight excluding hydrogens is 250 g/mol. The number of hydrogen-bond acceptors (Lipinski definition) is 2. The Labute approximate surface area is 119 Å². The minimum absolute atomic E-state index is 0.618. The van der Waals surface area contributed by atoms with Gasteiger partial charge in [-0.15, -0.1) is 11.3 Å². The molecule has 100 valence electrons. The van der Waals surface area contributed by atoms with E-state index in [0.717, 1.165) is 13.1 Å². The lowest BCUT2D eigenvalue weighted by atomic mass is 9.80. The second-order valence-electron chi connectivity index (χ2n) is 5.56. The van der Waals surface area contributed by atoms with E-state index < -0.39 is 0 Å². The largest absolute Gasteiger partial charge is 0.316 e. The van der Waals surface area contributed by atoms with Gasteiger partial charge in [-0.05, 0) is 44.5 Å². The van der Waals surface area contributed by atoms with Gasteiger partial charge in [-0.3, -0.25) is 0 Å². The van der Waals surface area contributed by atoms with Crippen LogP contribution >= 0.6 is 11.3 Å². The summed E-state index contributed by atoms with van der Waals surface area (Å²) in [6, 6.07) is 13.7. The van der Waals surface area contributed by atoms with Crippen LogP contribution in [-0.2, 0) is 0 Å². The molecule has 19 heavy (non-hydrogen) atoms. The molecule has 0 radical (unpaired) electrons. The summed E-state index contributed by atoms with van der Waals surface area (Å²) in [5.74, 6) is 1.30. The SMILES string of the molecule is Cc1ccc(C2CNCCC2c2ccc(C)s2)cc1. The molecule has 2 heteroatoms. The van der Waals surface area contributed by atoms with Gasteiger partial charge in [-0.2, -0.15) is 0 Å². The van der Waals surface area contributed by atoms with Gasteiger partial charge < -0.3 is 5.32 Å². The molecule has 2 unspecified atom stereocenters. The molecule has 2 atom stereocenters. The van der Waals surface area contributed by atoms with Gasteiger partial charge in [0.15, 0.2) is 0 Å². The van der Waals surface area contributed by atoms with E-state index in [4.69, 9.17) is 0 Å². The molecule has 1 N–H and O–H groups in total. The fourth-order valence-electron chi connectivity index (χ4n) is 3.02. The number of thiophene rings is 1. The van der Waals surface area contributed by atoms with Crippen molar-refractivity contribution in [3.63, 3.8) is 0 Å². The lowest BCUT2D eigenvalue weighted by molar-refractivity contribution is 0.408. The summed E-state index contributed by atoms with van der Waals surface area (Å²) in [7, 11) is 0. The van der Waals surface area contributed by atoms with E-state index in [1.807, 2.05) is 11.3 Å². The molecule has 2 heterocycles. The number of rotatable bonds is 2. The van der Waals surface area contributed by atoms with E-state index in [1.54, 1.807) is 4.88 Å². The van der Waals surface area contributed by atoms with Gasteiger partial charge in [0.05, 0.1) is 0 Å². The zero-order valence-electron chi connectivity index (χ0n) is 11.6. The summed E-state index contributed by atoms with van der Waals surface area (Å²) < 4.78 is 0. The zero-order chi connectivity index (χ0) is 13.2. The summed E-state index contributed by atoms with van der Waals surface area (Å²) in [4.78, 5) is 2.99. The highest BCUT2D eigenvalue weighted by molar-refractivity contribution is 7.12. The predicted octanol–water partition coefficient (Wildman–Crippen LogP) is 4.23. The quantitative estimate of drug-likeness (QED) is 0.862. The molecule has 0 spiro atoms. The number of aryl methyl sites for hydroxylation is 2. The van der Waals surface area contributed by atoms with Gasteiger partial charge in [0.1, 0.15) is 0 Å². The Morgan fingerprint density at radius 1 is 1.00 bits per heavy atom. The Bertz CT molecular complexity index is 541. The third-order valence-corrected chi connectivity index (χ3v) is 5.25. The molecule has 1 aromatic heterocycles. The molecule has 0 bridgehead atoms. The van der Waals surface area contributed by atoms with Crippen LogP contribution in [-0.4, -0.2) is 13.1 Å². The Hall–Kier alpha value is -1.12. The van der Waals surface area contributed by atoms with Crippen LogP contribution in [0.2, 0.25) is 0 Å². The van der Waals surface area contributed by atoms with Crippen LogP contribution in [0.4, 0.5) is 0 Å². The first-order valence-corrected chi connectivity index (χ1v) is 7.89. The molecule has 1 aliphatic rings. The zero-order valence-corrected chi connectivity index (χ0v) is 12.5. The van der Waals surface area contributed by atoms with Crippen molar-refractivity contribution in [2.75, 3.05) is 13.1 Å². The van der Waals surface area contributed by atoms with Crippen LogP contribution in [0.1, 0.15) is 39.1 Å². The fourth-order valence-corrected chi connectivity index (χ4v) is 4.09. The van der Waals surface area contributed by atoms with E-state index >= 15 is 0 Å². The van der Waals surface area contributed by atoms with Gasteiger partial charge in [0.2, 0.25) is 0 Å². The molecule has 3 rings (SSSR count). The maximum Gasteiger partial charge on any atom is 0.00860 e. The number of hydrogen-bond donors (Lipinski definition) is 1. The highest BCUT2D eigenvalue weighted by Crippen LogP contribution is 2.40. The molecule has 2 aromatic rings. The average molecular weight is 271 g/mol. The molecule has 1 saturated heterocycles. The summed E-state index contributed by atoms with van der Waals surface area (Å²) in [6.07, 6.45) is 1.25. The van der Waals surface area contributed by atoms with Crippen LogP contribution in [0.5, 0.6) is 0 Å². The normalized spacial score (nSPS) is 23.5. The van der Waals surface area contributed by atoms with Crippen LogP contribution in [0.3, 0.4) is 0 Å². The fraction of sp³-hybridized carbons (Fsp3) is 0.412. The topological polar surface area (TPSA) is 12.0 Å². The summed E-state index contributed by atoms with van der Waals surface area (Å²) >= 11 is 1.97. The van der Waals surface area contributed by atoms with Gasteiger partial charge in [0.25, 0.3) is 0 Å². The van der Waals surface area contributed by atoms with E-state index in [0.29, 0.717) is 11.8 Å². The van der Waals surface area contributed by atoms with Gasteiger partial charge in [-0.25, -0.2) is 0 Å². The highest BCUT2D eigenvalue weighted by Gasteiger charge is 2.28. The maximum atomic E-state index is 3.56. The van der Waals surface area contributed by atoms with Crippen LogP contribution in [0, 0.1) is 13.8 Å². The van der Waals surface area contributed by atoms with Crippen molar-refractivity contribution in [3.05, 3.63) is 57.3 Å². The summed E-state index contributed by atoms with van der Waals surface area (Å²) in [6.45, 7) is 6.60. The number of nitrogens with one attached hydrogen (secondary N) is 1. The second-order valence-corrected chi connectivity index (χ2v) is 6.88. The first-order chi connectivity index (χ1) is 9.24. The monoisotopic (exact) mass is 271 g/mol. The van der Waals surface area contributed by atoms with Gasteiger partial charge in [0, 0.05) is 28.1 Å². The van der Waals surface area contributed by atoms with Gasteiger partial charge >= 0.3 is 0 Å². The first kappa shape index (κ1) is 12.9. The minimum atomic E-state index is 0.618. The summed E-state index contributed by atoms with van der Waals surface area (Å²) in [5, 5.41) is 3.56.